The molecule has 128 valence electrons. The molecule has 1 amide bonds. The van der Waals surface area contributed by atoms with Gasteiger partial charge < -0.3 is 14.5 Å². The molecule has 0 bridgehead atoms. The van der Waals surface area contributed by atoms with E-state index >= 15 is 0 Å². The lowest BCUT2D eigenvalue weighted by atomic mass is 9.90. The van der Waals surface area contributed by atoms with Crippen LogP contribution in [-0.4, -0.2) is 26.6 Å². The highest BCUT2D eigenvalue weighted by Gasteiger charge is 2.42. The van der Waals surface area contributed by atoms with E-state index in [1.807, 2.05) is 30.3 Å². The lowest BCUT2D eigenvalue weighted by Gasteiger charge is -2.44. The van der Waals surface area contributed by atoms with Crippen LogP contribution in [-0.2, 0) is 15.8 Å². The zero-order chi connectivity index (χ0) is 17.1. The minimum Gasteiger partial charge on any atom is -0.445 e. The Kier molecular flexibility index (Phi) is 5.52. The number of ether oxygens (including phenoxy) is 1. The highest BCUT2D eigenvalue weighted by molar-refractivity contribution is 6.74. The van der Waals surface area contributed by atoms with E-state index in [4.69, 9.17) is 9.16 Å². The molecule has 23 heavy (non-hydrogen) atoms. The summed E-state index contributed by atoms with van der Waals surface area (Å²) in [4.78, 5) is 11.8. The third-order valence-corrected chi connectivity index (χ3v) is 9.43. The van der Waals surface area contributed by atoms with E-state index in [1.54, 1.807) is 0 Å². The predicted molar refractivity (Wildman–Crippen MR) is 94.9 cm³/mol. The first kappa shape index (κ1) is 18.0. The first-order valence-corrected chi connectivity index (χ1v) is 11.2. The van der Waals surface area contributed by atoms with Crippen molar-refractivity contribution in [1.29, 1.82) is 0 Å². The second-order valence-corrected chi connectivity index (χ2v) is 12.6. The Hall–Kier alpha value is -1.33. The molecule has 2 rings (SSSR count). The standard InChI is InChI=1S/C18H29NO3Si/c1-18(2,3)23(4,5)22-16-11-15(12-16)19-17(20)21-13-14-9-7-6-8-10-14/h6-10,15-16H,11-13H2,1-5H3,(H,19,20). The van der Waals surface area contributed by atoms with Crippen LogP contribution in [0.5, 0.6) is 0 Å². The topological polar surface area (TPSA) is 47.6 Å². The Bertz CT molecular complexity index is 519. The minimum absolute atomic E-state index is 0.174. The molecule has 1 aromatic rings. The quantitative estimate of drug-likeness (QED) is 0.808. The van der Waals surface area contributed by atoms with Gasteiger partial charge >= 0.3 is 6.09 Å². The van der Waals surface area contributed by atoms with Gasteiger partial charge in [-0.15, -0.1) is 0 Å². The van der Waals surface area contributed by atoms with Gasteiger partial charge in [0.1, 0.15) is 6.61 Å². The molecule has 0 radical (unpaired) electrons. The summed E-state index contributed by atoms with van der Waals surface area (Å²) in [5.74, 6) is 0. The van der Waals surface area contributed by atoms with E-state index in [1.165, 1.54) is 0 Å². The van der Waals surface area contributed by atoms with Gasteiger partial charge in [-0.2, -0.15) is 0 Å². The van der Waals surface area contributed by atoms with Crippen LogP contribution in [0.25, 0.3) is 0 Å². The van der Waals surface area contributed by atoms with Crippen LogP contribution in [0.4, 0.5) is 4.79 Å². The first-order chi connectivity index (χ1) is 10.7. The van der Waals surface area contributed by atoms with Crippen molar-refractivity contribution in [2.24, 2.45) is 0 Å². The van der Waals surface area contributed by atoms with Gasteiger partial charge in [0.25, 0.3) is 0 Å². The van der Waals surface area contributed by atoms with Crippen LogP contribution < -0.4 is 5.32 Å². The molecule has 1 N–H and O–H groups in total. The Balaban J connectivity index is 1.67. The molecule has 5 heteroatoms. The van der Waals surface area contributed by atoms with E-state index in [0.717, 1.165) is 18.4 Å². The highest BCUT2D eigenvalue weighted by Crippen LogP contribution is 2.40. The van der Waals surface area contributed by atoms with Crippen molar-refractivity contribution in [3.8, 4) is 0 Å². The molecule has 4 nitrogen and oxygen atoms in total. The number of carbonyl (C=O) groups excluding carboxylic acids is 1. The monoisotopic (exact) mass is 335 g/mol. The zero-order valence-corrected chi connectivity index (χ0v) is 15.9. The van der Waals surface area contributed by atoms with E-state index < -0.39 is 8.32 Å². The molecule has 0 saturated heterocycles. The van der Waals surface area contributed by atoms with E-state index in [0.29, 0.717) is 6.61 Å². The number of nitrogens with one attached hydrogen (secondary N) is 1. The number of carbonyl (C=O) groups is 1. The maximum atomic E-state index is 11.8. The fourth-order valence-corrected chi connectivity index (χ4v) is 3.68. The Labute approximate surface area is 140 Å². The van der Waals surface area contributed by atoms with Crippen LogP contribution >= 0.6 is 0 Å². The second kappa shape index (κ2) is 7.05. The van der Waals surface area contributed by atoms with Gasteiger partial charge in [0, 0.05) is 12.1 Å². The summed E-state index contributed by atoms with van der Waals surface area (Å²) >= 11 is 0. The van der Waals surface area contributed by atoms with E-state index in [9.17, 15) is 4.79 Å². The summed E-state index contributed by atoms with van der Waals surface area (Å²) in [5, 5.41) is 3.14. The SMILES string of the molecule is CC(C)(C)[Si](C)(C)OC1CC(NC(=O)OCc2ccccc2)C1. The molecule has 0 aliphatic heterocycles. The summed E-state index contributed by atoms with van der Waals surface area (Å²) in [7, 11) is -1.71. The van der Waals surface area contributed by atoms with Crippen molar-refractivity contribution in [2.45, 2.75) is 70.5 Å². The maximum Gasteiger partial charge on any atom is 0.407 e. The smallest absolute Gasteiger partial charge is 0.407 e. The lowest BCUT2D eigenvalue weighted by Crippen LogP contribution is -2.53. The average molecular weight is 336 g/mol. The molecule has 0 spiro atoms. The second-order valence-electron chi connectivity index (χ2n) is 7.87. The third kappa shape index (κ3) is 5.08. The van der Waals surface area contributed by atoms with Crippen LogP contribution in [0.2, 0.25) is 18.1 Å². The highest BCUT2D eigenvalue weighted by atomic mass is 28.4. The van der Waals surface area contributed by atoms with Crippen molar-refractivity contribution >= 4 is 14.4 Å². The molecule has 1 aliphatic rings. The molecule has 1 aromatic carbocycles. The molecular weight excluding hydrogens is 306 g/mol. The third-order valence-electron chi connectivity index (χ3n) is 4.90. The number of alkyl carbamates (subject to hydrolysis) is 1. The van der Waals surface area contributed by atoms with Gasteiger partial charge in [0.05, 0.1) is 0 Å². The van der Waals surface area contributed by atoms with E-state index in [2.05, 4.69) is 39.2 Å². The average Bonchev–Trinajstić information content (AvgIpc) is 2.42. The zero-order valence-electron chi connectivity index (χ0n) is 14.9. The summed E-state index contributed by atoms with van der Waals surface area (Å²) in [6.07, 6.45) is 1.69. The molecule has 1 saturated carbocycles. The normalized spacial score (nSPS) is 21.4. The van der Waals surface area contributed by atoms with Crippen molar-refractivity contribution in [2.75, 3.05) is 0 Å². The number of hydrogen-bond acceptors (Lipinski definition) is 3. The maximum absolute atomic E-state index is 11.8. The number of rotatable bonds is 5. The van der Waals surface area contributed by atoms with Gasteiger partial charge in [0.15, 0.2) is 8.32 Å². The number of benzene rings is 1. The van der Waals surface area contributed by atoms with E-state index in [-0.39, 0.29) is 23.3 Å². The molecule has 0 aromatic heterocycles. The summed E-state index contributed by atoms with van der Waals surface area (Å²) in [6.45, 7) is 11.6. The Morgan fingerprint density at radius 1 is 1.22 bits per heavy atom. The van der Waals surface area contributed by atoms with Crippen molar-refractivity contribution in [1.82, 2.24) is 5.32 Å². The van der Waals surface area contributed by atoms with Gasteiger partial charge in [-0.1, -0.05) is 51.1 Å². The summed E-state index contributed by atoms with van der Waals surface area (Å²) < 4.78 is 11.6. The molecule has 0 unspecified atom stereocenters. The van der Waals surface area contributed by atoms with Crippen LogP contribution in [0.15, 0.2) is 30.3 Å². The predicted octanol–water partition coefficient (Wildman–Crippen LogP) is 4.47. The van der Waals surface area contributed by atoms with Crippen LogP contribution in [0, 0.1) is 0 Å². The number of hydrogen-bond donors (Lipinski definition) is 1. The molecule has 1 aliphatic carbocycles. The summed E-state index contributed by atoms with van der Waals surface area (Å²) in [5.41, 5.74) is 0.996. The first-order valence-electron chi connectivity index (χ1n) is 8.32. The van der Waals surface area contributed by atoms with Gasteiger partial charge in [-0.05, 0) is 36.5 Å². The molecule has 1 fully saturated rings. The fraction of sp³-hybridized carbons (Fsp3) is 0.611. The van der Waals surface area contributed by atoms with Crippen molar-refractivity contribution < 1.29 is 14.0 Å². The fourth-order valence-electron chi connectivity index (χ4n) is 2.30. The summed E-state index contributed by atoms with van der Waals surface area (Å²) in [6, 6.07) is 9.88. The number of amides is 1. The molecular formula is C18H29NO3Si. The molecule has 0 heterocycles. The van der Waals surface area contributed by atoms with Gasteiger partial charge in [0.2, 0.25) is 0 Å². The van der Waals surface area contributed by atoms with Crippen LogP contribution in [0.1, 0.15) is 39.2 Å². The minimum atomic E-state index is -1.71. The largest absolute Gasteiger partial charge is 0.445 e. The van der Waals surface area contributed by atoms with Crippen LogP contribution in [0.3, 0.4) is 0 Å². The lowest BCUT2D eigenvalue weighted by molar-refractivity contribution is 0.0647. The Morgan fingerprint density at radius 3 is 2.39 bits per heavy atom. The van der Waals surface area contributed by atoms with Crippen molar-refractivity contribution in [3.05, 3.63) is 35.9 Å². The molecule has 0 atom stereocenters. The van der Waals surface area contributed by atoms with Gasteiger partial charge in [-0.3, -0.25) is 0 Å². The van der Waals surface area contributed by atoms with Gasteiger partial charge in [-0.25, -0.2) is 4.79 Å². The van der Waals surface area contributed by atoms with Crippen molar-refractivity contribution in [3.63, 3.8) is 0 Å². The Morgan fingerprint density at radius 2 is 1.83 bits per heavy atom.